The van der Waals surface area contributed by atoms with E-state index in [0.717, 1.165) is 15.8 Å². The summed E-state index contributed by atoms with van der Waals surface area (Å²) >= 11 is 3.55. The Morgan fingerprint density at radius 1 is 1.21 bits per heavy atom. The van der Waals surface area contributed by atoms with Crippen LogP contribution in [0.15, 0.2) is 16.6 Å². The molecule has 2 heteroatoms. The van der Waals surface area contributed by atoms with Gasteiger partial charge in [0.2, 0.25) is 0 Å². The minimum Gasteiger partial charge on any atom is -0.496 e. The molecule has 0 bridgehead atoms. The summed E-state index contributed by atoms with van der Waals surface area (Å²) in [4.78, 5) is 0. The fraction of sp³-hybridized carbons (Fsp3) is 0.500. The minimum atomic E-state index is 0.156. The first-order chi connectivity index (χ1) is 6.36. The second-order valence-corrected chi connectivity index (χ2v) is 5.39. The molecule has 0 radical (unpaired) electrons. The summed E-state index contributed by atoms with van der Waals surface area (Å²) in [7, 11) is 1.71. The third-order valence-corrected chi connectivity index (χ3v) is 3.21. The summed E-state index contributed by atoms with van der Waals surface area (Å²) in [5.74, 6) is 0.948. The number of hydrogen-bond acceptors (Lipinski definition) is 1. The van der Waals surface area contributed by atoms with E-state index in [1.807, 2.05) is 0 Å². The summed E-state index contributed by atoms with van der Waals surface area (Å²) in [6, 6.07) is 4.28. The second kappa shape index (κ2) is 3.93. The van der Waals surface area contributed by atoms with E-state index in [2.05, 4.69) is 55.8 Å². The first-order valence-corrected chi connectivity index (χ1v) is 5.50. The topological polar surface area (TPSA) is 9.23 Å². The van der Waals surface area contributed by atoms with E-state index in [1.165, 1.54) is 5.56 Å². The van der Waals surface area contributed by atoms with Gasteiger partial charge in [-0.1, -0.05) is 36.7 Å². The average molecular weight is 257 g/mol. The van der Waals surface area contributed by atoms with E-state index in [4.69, 9.17) is 4.74 Å². The van der Waals surface area contributed by atoms with Crippen LogP contribution in [0.1, 0.15) is 31.9 Å². The standard InChI is InChI=1S/C12H17BrO/c1-8-10(13)6-9(12(2,3)4)7-11(8)14-5/h6-7H,1-5H3. The van der Waals surface area contributed by atoms with E-state index >= 15 is 0 Å². The average Bonchev–Trinajstić information content (AvgIpc) is 2.07. The van der Waals surface area contributed by atoms with E-state index in [1.54, 1.807) is 7.11 Å². The lowest BCUT2D eigenvalue weighted by molar-refractivity contribution is 0.409. The molecule has 0 amide bonds. The monoisotopic (exact) mass is 256 g/mol. The van der Waals surface area contributed by atoms with Crippen molar-refractivity contribution in [2.45, 2.75) is 33.1 Å². The highest BCUT2D eigenvalue weighted by atomic mass is 79.9. The predicted molar refractivity (Wildman–Crippen MR) is 64.1 cm³/mol. The molecule has 1 aromatic carbocycles. The van der Waals surface area contributed by atoms with Gasteiger partial charge in [-0.3, -0.25) is 0 Å². The second-order valence-electron chi connectivity index (χ2n) is 4.54. The molecular formula is C12H17BrO. The third kappa shape index (κ3) is 2.30. The molecule has 0 spiro atoms. The molecule has 1 aromatic rings. The van der Waals surface area contributed by atoms with Gasteiger partial charge in [0.25, 0.3) is 0 Å². The van der Waals surface area contributed by atoms with Crippen LogP contribution >= 0.6 is 15.9 Å². The number of rotatable bonds is 1. The molecule has 0 aliphatic rings. The van der Waals surface area contributed by atoms with Crippen LogP contribution in [-0.4, -0.2) is 7.11 Å². The van der Waals surface area contributed by atoms with Gasteiger partial charge in [-0.15, -0.1) is 0 Å². The number of ether oxygens (including phenoxy) is 1. The van der Waals surface area contributed by atoms with Gasteiger partial charge in [-0.25, -0.2) is 0 Å². The predicted octanol–water partition coefficient (Wildman–Crippen LogP) is 4.06. The van der Waals surface area contributed by atoms with Crippen LogP contribution in [0.2, 0.25) is 0 Å². The van der Waals surface area contributed by atoms with E-state index in [0.29, 0.717) is 0 Å². The third-order valence-electron chi connectivity index (χ3n) is 2.38. The lowest BCUT2D eigenvalue weighted by Gasteiger charge is -2.21. The minimum absolute atomic E-state index is 0.156. The van der Waals surface area contributed by atoms with Crippen molar-refractivity contribution in [1.29, 1.82) is 0 Å². The molecule has 0 aliphatic carbocycles. The normalized spacial score (nSPS) is 11.6. The maximum Gasteiger partial charge on any atom is 0.123 e. The van der Waals surface area contributed by atoms with Gasteiger partial charge < -0.3 is 4.74 Å². The van der Waals surface area contributed by atoms with Crippen LogP contribution in [0.5, 0.6) is 5.75 Å². The summed E-state index contributed by atoms with van der Waals surface area (Å²) in [6.07, 6.45) is 0. The summed E-state index contributed by atoms with van der Waals surface area (Å²) in [5.41, 5.74) is 2.59. The van der Waals surface area contributed by atoms with Crippen LogP contribution in [0, 0.1) is 6.92 Å². The fourth-order valence-electron chi connectivity index (χ4n) is 1.30. The zero-order valence-corrected chi connectivity index (χ0v) is 11.0. The molecular weight excluding hydrogens is 240 g/mol. The fourth-order valence-corrected chi connectivity index (χ4v) is 1.74. The Bertz CT molecular complexity index is 337. The van der Waals surface area contributed by atoms with Crippen molar-refractivity contribution < 1.29 is 4.74 Å². The van der Waals surface area contributed by atoms with Crippen LogP contribution in [0.25, 0.3) is 0 Å². The summed E-state index contributed by atoms with van der Waals surface area (Å²) in [6.45, 7) is 8.64. The van der Waals surface area contributed by atoms with E-state index in [9.17, 15) is 0 Å². The Morgan fingerprint density at radius 2 is 1.79 bits per heavy atom. The Kier molecular flexibility index (Phi) is 3.25. The van der Waals surface area contributed by atoms with Crippen LogP contribution in [-0.2, 0) is 5.41 Å². The molecule has 0 unspecified atom stereocenters. The van der Waals surface area contributed by atoms with Crippen molar-refractivity contribution in [3.8, 4) is 5.75 Å². The molecule has 0 aromatic heterocycles. The van der Waals surface area contributed by atoms with Crippen molar-refractivity contribution in [2.75, 3.05) is 7.11 Å². The van der Waals surface area contributed by atoms with Gasteiger partial charge >= 0.3 is 0 Å². The van der Waals surface area contributed by atoms with Crippen molar-refractivity contribution in [2.24, 2.45) is 0 Å². The van der Waals surface area contributed by atoms with E-state index < -0.39 is 0 Å². The molecule has 0 atom stereocenters. The zero-order valence-electron chi connectivity index (χ0n) is 9.44. The van der Waals surface area contributed by atoms with Crippen molar-refractivity contribution >= 4 is 15.9 Å². The maximum atomic E-state index is 5.33. The van der Waals surface area contributed by atoms with Crippen LogP contribution in [0.3, 0.4) is 0 Å². The molecule has 0 fully saturated rings. The highest BCUT2D eigenvalue weighted by molar-refractivity contribution is 9.10. The van der Waals surface area contributed by atoms with Gasteiger partial charge in [-0.2, -0.15) is 0 Å². The molecule has 1 rings (SSSR count). The molecule has 14 heavy (non-hydrogen) atoms. The van der Waals surface area contributed by atoms with Crippen molar-refractivity contribution in [3.63, 3.8) is 0 Å². The van der Waals surface area contributed by atoms with Gasteiger partial charge in [0.15, 0.2) is 0 Å². The smallest absolute Gasteiger partial charge is 0.123 e. The molecule has 0 N–H and O–H groups in total. The van der Waals surface area contributed by atoms with Crippen LogP contribution in [0.4, 0.5) is 0 Å². The molecule has 78 valence electrons. The zero-order chi connectivity index (χ0) is 10.9. The number of benzene rings is 1. The van der Waals surface area contributed by atoms with E-state index in [-0.39, 0.29) is 5.41 Å². The summed E-state index contributed by atoms with van der Waals surface area (Å²) < 4.78 is 6.44. The quantitative estimate of drug-likeness (QED) is 0.737. The van der Waals surface area contributed by atoms with Gasteiger partial charge in [0.05, 0.1) is 7.11 Å². The molecule has 0 heterocycles. The van der Waals surface area contributed by atoms with Gasteiger partial charge in [0.1, 0.15) is 5.75 Å². The van der Waals surface area contributed by atoms with Crippen LogP contribution < -0.4 is 4.74 Å². The van der Waals surface area contributed by atoms with Crippen molar-refractivity contribution in [3.05, 3.63) is 27.7 Å². The Hall–Kier alpha value is -0.500. The number of methoxy groups -OCH3 is 1. The number of halogens is 1. The number of hydrogen-bond donors (Lipinski definition) is 0. The van der Waals surface area contributed by atoms with Gasteiger partial charge in [0, 0.05) is 10.0 Å². The lowest BCUT2D eigenvalue weighted by atomic mass is 9.86. The lowest BCUT2D eigenvalue weighted by Crippen LogP contribution is -2.11. The largest absolute Gasteiger partial charge is 0.496 e. The highest BCUT2D eigenvalue weighted by Gasteiger charge is 2.16. The summed E-state index contributed by atoms with van der Waals surface area (Å²) in [5, 5.41) is 0. The Labute approximate surface area is 94.6 Å². The molecule has 0 saturated heterocycles. The Balaban J connectivity index is 3.30. The Morgan fingerprint density at radius 3 is 2.21 bits per heavy atom. The highest BCUT2D eigenvalue weighted by Crippen LogP contribution is 2.33. The maximum absolute atomic E-state index is 5.33. The molecule has 0 saturated carbocycles. The van der Waals surface area contributed by atoms with Crippen molar-refractivity contribution in [1.82, 2.24) is 0 Å². The first-order valence-electron chi connectivity index (χ1n) is 4.71. The molecule has 0 aliphatic heterocycles. The SMILES string of the molecule is COc1cc(C(C)(C)C)cc(Br)c1C. The van der Waals surface area contributed by atoms with Gasteiger partial charge in [-0.05, 0) is 30.0 Å². The first kappa shape index (κ1) is 11.6. The molecule has 1 nitrogen and oxygen atoms in total.